The van der Waals surface area contributed by atoms with Crippen LogP contribution in [0.15, 0.2) is 24.3 Å². The number of nitrogens with zero attached hydrogens (tertiary/aromatic N) is 3. The molecule has 0 radical (unpaired) electrons. The lowest BCUT2D eigenvalue weighted by Gasteiger charge is -2.47. The highest BCUT2D eigenvalue weighted by atomic mass is 35.5. The van der Waals surface area contributed by atoms with Crippen molar-refractivity contribution in [1.82, 2.24) is 20.0 Å². The average molecular weight is 448 g/mol. The molecule has 1 aromatic heterocycles. The fourth-order valence-electron chi connectivity index (χ4n) is 3.81. The second kappa shape index (κ2) is 7.46. The van der Waals surface area contributed by atoms with Crippen LogP contribution >= 0.6 is 11.6 Å². The second-order valence-corrected chi connectivity index (χ2v) is 7.48. The maximum absolute atomic E-state index is 13.8. The zero-order chi connectivity index (χ0) is 22.4. The Bertz CT molecular complexity index is 1010. The lowest BCUT2D eigenvalue weighted by Crippen LogP contribution is -2.68. The van der Waals surface area contributed by atoms with Crippen LogP contribution < -0.4 is 11.1 Å². The number of hydrogen-bond acceptors (Lipinski definition) is 3. The van der Waals surface area contributed by atoms with Crippen molar-refractivity contribution >= 4 is 23.5 Å². The van der Waals surface area contributed by atoms with Gasteiger partial charge in [-0.3, -0.25) is 9.48 Å². The third-order valence-electron chi connectivity index (χ3n) is 5.25. The molecule has 0 spiro atoms. The number of rotatable bonds is 3. The molecular weight excluding hydrogens is 430 g/mol. The Balaban J connectivity index is 2.30. The first kappa shape index (κ1) is 21.9. The monoisotopic (exact) mass is 447 g/mol. The number of urea groups is 1. The number of amides is 3. The Morgan fingerprint density at radius 3 is 2.57 bits per heavy atom. The molecule has 1 unspecified atom stereocenters. The Morgan fingerprint density at radius 2 is 2.03 bits per heavy atom. The summed E-state index contributed by atoms with van der Waals surface area (Å²) in [5.41, 5.74) is 2.75. The van der Waals surface area contributed by atoms with Gasteiger partial charge in [-0.15, -0.1) is 0 Å². The number of primary amides is 1. The highest BCUT2D eigenvalue weighted by molar-refractivity contribution is 6.30. The molecule has 0 bridgehead atoms. The number of nitrogens with two attached hydrogens (primary N) is 1. The minimum atomic E-state index is -4.74. The van der Waals surface area contributed by atoms with Crippen molar-refractivity contribution in [2.75, 3.05) is 13.1 Å². The van der Waals surface area contributed by atoms with Gasteiger partial charge in [-0.2, -0.15) is 18.3 Å². The van der Waals surface area contributed by atoms with Crippen LogP contribution in [0.25, 0.3) is 0 Å². The predicted molar refractivity (Wildman–Crippen MR) is 99.2 cm³/mol. The maximum Gasteiger partial charge on any atom is 0.435 e. The Labute approximate surface area is 173 Å². The number of alkyl halides is 3. The highest BCUT2D eigenvalue weighted by Gasteiger charge is 2.52. The molecular formula is C18H18ClF4N5O2. The molecule has 1 aliphatic rings. The number of aromatic nitrogens is 2. The van der Waals surface area contributed by atoms with E-state index in [1.807, 2.05) is 0 Å². The fraction of sp³-hybridized carbons (Fsp3) is 0.389. The van der Waals surface area contributed by atoms with Crippen LogP contribution in [-0.2, 0) is 18.0 Å². The van der Waals surface area contributed by atoms with Gasteiger partial charge in [-0.25, -0.2) is 9.18 Å². The third kappa shape index (κ3) is 3.57. The van der Waals surface area contributed by atoms with E-state index < -0.39 is 41.1 Å². The molecule has 2 aromatic rings. The summed E-state index contributed by atoms with van der Waals surface area (Å²) in [4.78, 5) is 26.2. The molecule has 3 rings (SSSR count). The molecule has 3 amide bonds. The largest absolute Gasteiger partial charge is 0.435 e. The Morgan fingerprint density at radius 1 is 1.37 bits per heavy atom. The van der Waals surface area contributed by atoms with Crippen molar-refractivity contribution in [1.29, 1.82) is 0 Å². The Hall–Kier alpha value is -2.82. The molecule has 1 fully saturated rings. The van der Waals surface area contributed by atoms with E-state index in [4.69, 9.17) is 17.3 Å². The van der Waals surface area contributed by atoms with E-state index in [9.17, 15) is 27.2 Å². The summed E-state index contributed by atoms with van der Waals surface area (Å²) in [6, 6.07) is 3.38. The van der Waals surface area contributed by atoms with Crippen LogP contribution in [0.5, 0.6) is 0 Å². The fourth-order valence-corrected chi connectivity index (χ4v) is 4.00. The molecule has 0 aliphatic carbocycles. The molecule has 1 aliphatic heterocycles. The first-order valence-corrected chi connectivity index (χ1v) is 9.16. The van der Waals surface area contributed by atoms with Gasteiger partial charge >= 0.3 is 12.2 Å². The number of nitrogens with one attached hydrogen (secondary N) is 1. The number of carbonyl (C=O) groups is 2. The SMILES string of the molecule is Cn1nc(C(F)(F)F)cc1[C@H](c1ccc(F)c(Cl)c1)C1(C)C(=O)NCCN1C(N)=O. The standard InChI is InChI=1S/C18H18ClF4N5O2/c1-17(15(29)25-5-6-28(17)16(24)30)14(9-3-4-11(20)10(19)7-9)12-8-13(18(21,22)23)26-27(12)2/h3-4,7-8,14H,5-6H2,1-2H3,(H2,24,30)(H,25,29)/t14-,17?/m0/s1. The van der Waals surface area contributed by atoms with Gasteiger partial charge < -0.3 is 16.0 Å². The first-order chi connectivity index (χ1) is 13.9. The van der Waals surface area contributed by atoms with Crippen LogP contribution in [0.1, 0.15) is 29.8 Å². The minimum absolute atomic E-state index is 0.0317. The van der Waals surface area contributed by atoms with Crippen molar-refractivity contribution < 1.29 is 27.2 Å². The lowest BCUT2D eigenvalue weighted by molar-refractivity contribution is -0.141. The van der Waals surface area contributed by atoms with Crippen LogP contribution in [0.2, 0.25) is 5.02 Å². The van der Waals surface area contributed by atoms with E-state index >= 15 is 0 Å². The third-order valence-corrected chi connectivity index (χ3v) is 5.54. The van der Waals surface area contributed by atoms with Crippen LogP contribution in [0.4, 0.5) is 22.4 Å². The molecule has 0 saturated carbocycles. The smallest absolute Gasteiger partial charge is 0.352 e. The van der Waals surface area contributed by atoms with Gasteiger partial charge in [0, 0.05) is 25.8 Å². The Kier molecular flexibility index (Phi) is 5.44. The quantitative estimate of drug-likeness (QED) is 0.708. The summed E-state index contributed by atoms with van der Waals surface area (Å²) < 4.78 is 54.5. The topological polar surface area (TPSA) is 93.2 Å². The van der Waals surface area contributed by atoms with Crippen LogP contribution in [-0.4, -0.2) is 45.2 Å². The van der Waals surface area contributed by atoms with Gasteiger partial charge in [0.2, 0.25) is 5.91 Å². The van der Waals surface area contributed by atoms with Gasteiger partial charge in [0.05, 0.1) is 10.9 Å². The van der Waals surface area contributed by atoms with E-state index in [1.54, 1.807) is 0 Å². The molecule has 3 N–H and O–H groups in total. The van der Waals surface area contributed by atoms with E-state index in [2.05, 4.69) is 10.4 Å². The number of aryl methyl sites for hydroxylation is 1. The van der Waals surface area contributed by atoms with E-state index in [1.165, 1.54) is 26.1 Å². The zero-order valence-electron chi connectivity index (χ0n) is 15.9. The van der Waals surface area contributed by atoms with E-state index in [0.29, 0.717) is 0 Å². The lowest BCUT2D eigenvalue weighted by atomic mass is 9.75. The van der Waals surface area contributed by atoms with E-state index in [0.717, 1.165) is 21.7 Å². The molecule has 2 atom stereocenters. The number of carbonyl (C=O) groups excluding carboxylic acids is 2. The molecule has 7 nitrogen and oxygen atoms in total. The van der Waals surface area contributed by atoms with Crippen molar-refractivity contribution in [2.24, 2.45) is 12.8 Å². The zero-order valence-corrected chi connectivity index (χ0v) is 16.7. The number of benzene rings is 1. The molecule has 1 aromatic carbocycles. The number of halogens is 5. The number of hydrogen-bond donors (Lipinski definition) is 2. The molecule has 30 heavy (non-hydrogen) atoms. The summed E-state index contributed by atoms with van der Waals surface area (Å²) in [5.74, 6) is -2.56. The molecule has 2 heterocycles. The van der Waals surface area contributed by atoms with Crippen molar-refractivity contribution in [2.45, 2.75) is 24.6 Å². The maximum atomic E-state index is 13.8. The van der Waals surface area contributed by atoms with Gasteiger partial charge in [-0.05, 0) is 30.7 Å². The predicted octanol–water partition coefficient (Wildman–Crippen LogP) is 2.63. The van der Waals surface area contributed by atoms with Crippen molar-refractivity contribution in [3.05, 3.63) is 52.1 Å². The van der Waals surface area contributed by atoms with Crippen molar-refractivity contribution in [3.63, 3.8) is 0 Å². The molecule has 12 heteroatoms. The first-order valence-electron chi connectivity index (χ1n) is 8.78. The molecule has 1 saturated heterocycles. The summed E-state index contributed by atoms with van der Waals surface area (Å²) >= 11 is 5.90. The van der Waals surface area contributed by atoms with Gasteiger partial charge in [0.25, 0.3) is 0 Å². The summed E-state index contributed by atoms with van der Waals surface area (Å²) in [5, 5.41) is 5.83. The minimum Gasteiger partial charge on any atom is -0.352 e. The van der Waals surface area contributed by atoms with Crippen molar-refractivity contribution in [3.8, 4) is 0 Å². The van der Waals surface area contributed by atoms with Crippen LogP contribution in [0.3, 0.4) is 0 Å². The summed E-state index contributed by atoms with van der Waals surface area (Å²) in [7, 11) is 1.28. The molecule has 162 valence electrons. The second-order valence-electron chi connectivity index (χ2n) is 7.08. The van der Waals surface area contributed by atoms with Crippen LogP contribution in [0, 0.1) is 5.82 Å². The van der Waals surface area contributed by atoms with Gasteiger partial charge in [0.1, 0.15) is 11.4 Å². The van der Waals surface area contributed by atoms with E-state index in [-0.39, 0.29) is 29.4 Å². The van der Waals surface area contributed by atoms with Gasteiger partial charge in [0.15, 0.2) is 5.69 Å². The average Bonchev–Trinajstić information content (AvgIpc) is 3.02. The number of piperazine rings is 1. The summed E-state index contributed by atoms with van der Waals surface area (Å²) in [6.07, 6.45) is -4.74. The normalized spacial score (nSPS) is 20.8. The van der Waals surface area contributed by atoms with Gasteiger partial charge in [-0.1, -0.05) is 17.7 Å². The highest BCUT2D eigenvalue weighted by Crippen LogP contribution is 2.42. The summed E-state index contributed by atoms with van der Waals surface area (Å²) in [6.45, 7) is 1.54.